The first-order valence-electron chi connectivity index (χ1n) is 6.27. The van der Waals surface area contributed by atoms with E-state index >= 15 is 0 Å². The van der Waals surface area contributed by atoms with Gasteiger partial charge in [0.15, 0.2) is 0 Å². The minimum absolute atomic E-state index is 0.0421. The number of benzene rings is 1. The molecule has 108 valence electrons. The second-order valence-corrected chi connectivity index (χ2v) is 4.71. The summed E-state index contributed by atoms with van der Waals surface area (Å²) in [7, 11) is 0. The third-order valence-electron chi connectivity index (χ3n) is 3.25. The third kappa shape index (κ3) is 3.05. The van der Waals surface area contributed by atoms with Gasteiger partial charge in [-0.2, -0.15) is 0 Å². The third-order valence-corrected chi connectivity index (χ3v) is 3.25. The van der Waals surface area contributed by atoms with Gasteiger partial charge in [0.05, 0.1) is 12.1 Å². The van der Waals surface area contributed by atoms with Crippen LogP contribution in [0.1, 0.15) is 16.8 Å². The average molecular weight is 281 g/mol. The Labute approximate surface area is 115 Å². The molecule has 2 rings (SSSR count). The van der Waals surface area contributed by atoms with Crippen LogP contribution in [-0.4, -0.2) is 47.5 Å². The summed E-state index contributed by atoms with van der Waals surface area (Å²) < 4.78 is 13.0. The lowest BCUT2D eigenvalue weighted by Crippen LogP contribution is -2.46. The molecule has 1 aromatic rings. The lowest BCUT2D eigenvalue weighted by atomic mass is 10.1. The Morgan fingerprint density at radius 3 is 2.80 bits per heavy atom. The van der Waals surface area contributed by atoms with E-state index in [0.717, 1.165) is 18.7 Å². The molecule has 0 aliphatic carbocycles. The molecular weight excluding hydrogens is 265 g/mol. The second-order valence-electron chi connectivity index (χ2n) is 4.71. The molecule has 1 saturated heterocycles. The van der Waals surface area contributed by atoms with E-state index in [4.69, 9.17) is 5.73 Å². The van der Waals surface area contributed by atoms with E-state index < -0.39 is 23.4 Å². The van der Waals surface area contributed by atoms with E-state index in [2.05, 4.69) is 5.32 Å². The molecule has 0 saturated carbocycles. The number of primary amides is 1. The number of carbonyl (C=O) groups is 2. The van der Waals surface area contributed by atoms with Crippen molar-refractivity contribution in [2.75, 3.05) is 19.6 Å². The smallest absolute Gasteiger partial charge is 0.258 e. The van der Waals surface area contributed by atoms with Crippen LogP contribution < -0.4 is 11.1 Å². The summed E-state index contributed by atoms with van der Waals surface area (Å²) in [4.78, 5) is 24.8. The van der Waals surface area contributed by atoms with Crippen LogP contribution in [0.5, 0.6) is 5.75 Å². The van der Waals surface area contributed by atoms with Crippen LogP contribution in [0.4, 0.5) is 4.39 Å². The van der Waals surface area contributed by atoms with Crippen LogP contribution in [0.25, 0.3) is 0 Å². The van der Waals surface area contributed by atoms with Crippen molar-refractivity contribution < 1.29 is 19.1 Å². The van der Waals surface area contributed by atoms with E-state index in [1.807, 2.05) is 0 Å². The highest BCUT2D eigenvalue weighted by atomic mass is 19.1. The molecule has 20 heavy (non-hydrogen) atoms. The number of carbonyl (C=O) groups excluding carboxylic acids is 2. The van der Waals surface area contributed by atoms with Crippen LogP contribution in [0.3, 0.4) is 0 Å². The fourth-order valence-electron chi connectivity index (χ4n) is 2.28. The largest absolute Gasteiger partial charge is 0.507 e. The number of amides is 2. The zero-order chi connectivity index (χ0) is 14.7. The Morgan fingerprint density at radius 2 is 2.25 bits per heavy atom. The van der Waals surface area contributed by atoms with Crippen molar-refractivity contribution in [2.45, 2.75) is 12.5 Å². The maximum absolute atomic E-state index is 13.0. The van der Waals surface area contributed by atoms with Crippen molar-refractivity contribution in [1.29, 1.82) is 0 Å². The van der Waals surface area contributed by atoms with E-state index in [-0.39, 0.29) is 18.2 Å². The molecule has 1 atom stereocenters. The standard InChI is InChI=1S/C13H16FN3O3/c14-8-1-2-10(11(18)5-8)13(20)17(7-12(15)19)9-3-4-16-6-9/h1-2,5,9,16,18H,3-4,6-7H2,(H2,15,19). The molecule has 1 aliphatic heterocycles. The molecule has 0 spiro atoms. The lowest BCUT2D eigenvalue weighted by molar-refractivity contribution is -0.119. The van der Waals surface area contributed by atoms with Crippen LogP contribution in [0.15, 0.2) is 18.2 Å². The monoisotopic (exact) mass is 281 g/mol. The topological polar surface area (TPSA) is 95.7 Å². The molecule has 6 nitrogen and oxygen atoms in total. The van der Waals surface area contributed by atoms with Gasteiger partial charge in [-0.05, 0) is 25.1 Å². The Kier molecular flexibility index (Phi) is 4.19. The molecule has 1 aliphatic rings. The Balaban J connectivity index is 2.27. The molecule has 1 aromatic carbocycles. The average Bonchev–Trinajstić information content (AvgIpc) is 2.88. The molecule has 2 amide bonds. The predicted octanol–water partition coefficient (Wildman–Crippen LogP) is -0.179. The lowest BCUT2D eigenvalue weighted by Gasteiger charge is -2.27. The Hall–Kier alpha value is -2.15. The van der Waals surface area contributed by atoms with Gasteiger partial charge < -0.3 is 21.1 Å². The number of hydrogen-bond donors (Lipinski definition) is 3. The molecule has 7 heteroatoms. The van der Waals surface area contributed by atoms with Gasteiger partial charge in [-0.15, -0.1) is 0 Å². The summed E-state index contributed by atoms with van der Waals surface area (Å²) in [6.45, 7) is 1.06. The summed E-state index contributed by atoms with van der Waals surface area (Å²) in [6.07, 6.45) is 0.695. The Morgan fingerprint density at radius 1 is 1.50 bits per heavy atom. The fourth-order valence-corrected chi connectivity index (χ4v) is 2.28. The van der Waals surface area contributed by atoms with Gasteiger partial charge in [-0.3, -0.25) is 9.59 Å². The maximum Gasteiger partial charge on any atom is 0.258 e. The van der Waals surface area contributed by atoms with Gasteiger partial charge in [0, 0.05) is 18.7 Å². The highest BCUT2D eigenvalue weighted by Gasteiger charge is 2.29. The number of halogens is 1. The van der Waals surface area contributed by atoms with Gasteiger partial charge >= 0.3 is 0 Å². The summed E-state index contributed by atoms with van der Waals surface area (Å²) in [5, 5.41) is 12.8. The SMILES string of the molecule is NC(=O)CN(C(=O)c1ccc(F)cc1O)C1CCNC1. The van der Waals surface area contributed by atoms with E-state index in [9.17, 15) is 19.1 Å². The molecule has 1 fully saturated rings. The van der Waals surface area contributed by atoms with Crippen molar-refractivity contribution >= 4 is 11.8 Å². The molecule has 1 heterocycles. The fraction of sp³-hybridized carbons (Fsp3) is 0.385. The van der Waals surface area contributed by atoms with Crippen molar-refractivity contribution in [2.24, 2.45) is 5.73 Å². The highest BCUT2D eigenvalue weighted by molar-refractivity contribution is 5.98. The number of nitrogens with two attached hydrogens (primary N) is 1. The van der Waals surface area contributed by atoms with E-state index in [0.29, 0.717) is 13.0 Å². The van der Waals surface area contributed by atoms with Gasteiger partial charge in [-0.25, -0.2) is 4.39 Å². The molecule has 0 aromatic heterocycles. The highest BCUT2D eigenvalue weighted by Crippen LogP contribution is 2.22. The van der Waals surface area contributed by atoms with Crippen molar-refractivity contribution in [3.05, 3.63) is 29.6 Å². The first-order chi connectivity index (χ1) is 9.49. The number of phenolic OH excluding ortho intramolecular Hbond substituents is 1. The predicted molar refractivity (Wildman–Crippen MR) is 69.6 cm³/mol. The number of aromatic hydroxyl groups is 1. The summed E-state index contributed by atoms with van der Waals surface area (Å²) in [5.74, 6) is -2.25. The van der Waals surface area contributed by atoms with Gasteiger partial charge in [0.1, 0.15) is 11.6 Å². The summed E-state index contributed by atoms with van der Waals surface area (Å²) in [6, 6.07) is 2.98. The first kappa shape index (κ1) is 14.3. The van der Waals surface area contributed by atoms with Crippen LogP contribution in [0.2, 0.25) is 0 Å². The van der Waals surface area contributed by atoms with E-state index in [1.54, 1.807) is 0 Å². The molecule has 4 N–H and O–H groups in total. The number of phenols is 1. The normalized spacial score (nSPS) is 17.9. The number of rotatable bonds is 4. The van der Waals surface area contributed by atoms with Crippen LogP contribution in [-0.2, 0) is 4.79 Å². The summed E-state index contributed by atoms with van der Waals surface area (Å²) >= 11 is 0. The van der Waals surface area contributed by atoms with Gasteiger partial charge in [-0.1, -0.05) is 0 Å². The van der Waals surface area contributed by atoms with Crippen molar-refractivity contribution in [3.8, 4) is 5.75 Å². The maximum atomic E-state index is 13.0. The van der Waals surface area contributed by atoms with Crippen molar-refractivity contribution in [1.82, 2.24) is 10.2 Å². The number of nitrogens with one attached hydrogen (secondary N) is 1. The minimum Gasteiger partial charge on any atom is -0.507 e. The first-order valence-corrected chi connectivity index (χ1v) is 6.27. The number of hydrogen-bond acceptors (Lipinski definition) is 4. The van der Waals surface area contributed by atoms with Crippen LogP contribution >= 0.6 is 0 Å². The van der Waals surface area contributed by atoms with Crippen molar-refractivity contribution in [3.63, 3.8) is 0 Å². The summed E-state index contributed by atoms with van der Waals surface area (Å²) in [5.41, 5.74) is 5.12. The zero-order valence-electron chi connectivity index (χ0n) is 10.8. The molecule has 0 bridgehead atoms. The number of nitrogens with zero attached hydrogens (tertiary/aromatic N) is 1. The van der Waals surface area contributed by atoms with Gasteiger partial charge in [0.2, 0.25) is 5.91 Å². The quantitative estimate of drug-likeness (QED) is 0.713. The molecule has 0 radical (unpaired) electrons. The minimum atomic E-state index is -0.636. The zero-order valence-corrected chi connectivity index (χ0v) is 10.8. The Bertz CT molecular complexity index is 530. The molecular formula is C13H16FN3O3. The van der Waals surface area contributed by atoms with E-state index in [1.165, 1.54) is 11.0 Å². The van der Waals surface area contributed by atoms with Crippen LogP contribution in [0, 0.1) is 5.82 Å². The van der Waals surface area contributed by atoms with Gasteiger partial charge in [0.25, 0.3) is 5.91 Å². The second kappa shape index (κ2) is 5.87. The molecule has 1 unspecified atom stereocenters.